The summed E-state index contributed by atoms with van der Waals surface area (Å²) in [4.78, 5) is 1.09. The fourth-order valence-electron chi connectivity index (χ4n) is 6.48. The maximum atomic E-state index is 6.96. The van der Waals surface area contributed by atoms with Crippen molar-refractivity contribution in [1.82, 2.24) is 0 Å². The van der Waals surface area contributed by atoms with Crippen LogP contribution in [0.1, 0.15) is 114 Å². The molecule has 5 aromatic rings. The average molecular weight is 841 g/mol. The van der Waals surface area contributed by atoms with Gasteiger partial charge in [0.15, 0.2) is 0 Å². The molecule has 0 unspecified atom stereocenters. The average Bonchev–Trinajstić information content (AvgIpc) is 3.19. The summed E-state index contributed by atoms with van der Waals surface area (Å²) in [6.45, 7) is 19.7. The number of hydrogen-bond acceptors (Lipinski definition) is 7. The van der Waals surface area contributed by atoms with E-state index in [1.54, 1.807) is 11.8 Å². The monoisotopic (exact) mass is 840 g/mol. The molecule has 9 heteroatoms. The van der Waals surface area contributed by atoms with E-state index in [2.05, 4.69) is 117 Å². The van der Waals surface area contributed by atoms with Crippen molar-refractivity contribution in [2.75, 3.05) is 6.26 Å². The van der Waals surface area contributed by atoms with E-state index in [9.17, 15) is 0 Å². The van der Waals surface area contributed by atoms with E-state index in [4.69, 9.17) is 27.1 Å². The molecule has 0 atom stereocenters. The maximum Gasteiger partial charge on any atom is 0.530 e. The molecule has 6 nitrogen and oxygen atoms in total. The van der Waals surface area contributed by atoms with Crippen LogP contribution in [0.3, 0.4) is 0 Å². The van der Waals surface area contributed by atoms with Gasteiger partial charge >= 0.3 is 17.2 Å². The van der Waals surface area contributed by atoms with Crippen molar-refractivity contribution < 1.29 is 27.1 Å². The molecule has 0 bridgehead atoms. The predicted octanol–water partition coefficient (Wildman–Crippen LogP) is 15.7. The molecule has 5 aromatic carbocycles. The highest BCUT2D eigenvalue weighted by Crippen LogP contribution is 2.50. The van der Waals surface area contributed by atoms with Gasteiger partial charge in [-0.25, -0.2) is 0 Å². The number of aryl methyl sites for hydroxylation is 3. The molecule has 58 heavy (non-hydrogen) atoms. The van der Waals surface area contributed by atoms with Crippen molar-refractivity contribution in [3.8, 4) is 28.7 Å². The van der Waals surface area contributed by atoms with E-state index in [-0.39, 0.29) is 17.4 Å². The van der Waals surface area contributed by atoms with Crippen molar-refractivity contribution in [3.63, 3.8) is 0 Å². The highest BCUT2D eigenvalue weighted by atomic mass is 32.2. The molecular weight excluding hydrogens is 779 g/mol. The lowest BCUT2D eigenvalue weighted by Gasteiger charge is -2.27. The van der Waals surface area contributed by atoms with Crippen LogP contribution in [-0.4, -0.2) is 6.26 Å². The number of hydrogen-bond donors (Lipinski definition) is 0. The summed E-state index contributed by atoms with van der Waals surface area (Å²) in [5.41, 5.74) is 5.88. The Morgan fingerprint density at radius 1 is 0.517 bits per heavy atom. The largest absolute Gasteiger partial charge is 0.530 e. The molecule has 0 saturated carbocycles. The summed E-state index contributed by atoms with van der Waals surface area (Å²) < 4.78 is 40.8. The third-order valence-corrected chi connectivity index (χ3v) is 12.4. The Balaban J connectivity index is 1.53. The number of benzene rings is 5. The van der Waals surface area contributed by atoms with Crippen LogP contribution in [0.15, 0.2) is 114 Å². The van der Waals surface area contributed by atoms with Gasteiger partial charge < -0.3 is 22.6 Å². The van der Waals surface area contributed by atoms with Gasteiger partial charge in [-0.2, -0.15) is 0 Å². The van der Waals surface area contributed by atoms with E-state index < -0.39 is 17.2 Å². The third-order valence-electron chi connectivity index (χ3n) is 9.68. The minimum Gasteiger partial charge on any atom is -0.417 e. The second-order valence-electron chi connectivity index (χ2n) is 16.5. The van der Waals surface area contributed by atoms with Crippen LogP contribution in [-0.2, 0) is 34.8 Å². The standard InChI is InChI=1S/C49H62O6P2S/c1-11-13-23-37-25-15-19-29-43(37)51-57(52-44-30-20-16-26-38(44)24-14-12-2)55-47-36(3)33-40(58-10)34-39(47)35-50-56(53-45-31-21-17-27-41(45)48(4,5)6)54-46-32-22-18-28-42(46)49(7,8)9/h15-22,25-34H,11-14,23-24,35H2,1-10H3. The molecule has 0 aromatic heterocycles. The van der Waals surface area contributed by atoms with Crippen LogP contribution in [0.25, 0.3) is 0 Å². The fourth-order valence-corrected chi connectivity index (χ4v) is 9.26. The van der Waals surface area contributed by atoms with Gasteiger partial charge in [-0.1, -0.05) is 141 Å². The zero-order valence-corrected chi connectivity index (χ0v) is 38.7. The lowest BCUT2D eigenvalue weighted by molar-refractivity contribution is 0.251. The van der Waals surface area contributed by atoms with Crippen LogP contribution in [0, 0.1) is 6.92 Å². The first-order chi connectivity index (χ1) is 27.8. The Bertz CT molecular complexity index is 1940. The van der Waals surface area contributed by atoms with E-state index in [1.807, 2.05) is 60.7 Å². The summed E-state index contributed by atoms with van der Waals surface area (Å²) in [7, 11) is -3.90. The minimum atomic E-state index is -1.96. The highest BCUT2D eigenvalue weighted by Gasteiger charge is 2.29. The first kappa shape index (κ1) is 45.4. The van der Waals surface area contributed by atoms with Crippen molar-refractivity contribution in [2.24, 2.45) is 0 Å². The van der Waals surface area contributed by atoms with Crippen molar-refractivity contribution in [3.05, 3.63) is 143 Å². The Morgan fingerprint density at radius 2 is 0.948 bits per heavy atom. The van der Waals surface area contributed by atoms with E-state index in [1.165, 1.54) is 0 Å². The summed E-state index contributed by atoms with van der Waals surface area (Å²) in [6, 6.07) is 36.9. The minimum absolute atomic E-state index is 0.160. The van der Waals surface area contributed by atoms with Gasteiger partial charge in [-0.3, -0.25) is 4.52 Å². The van der Waals surface area contributed by atoms with E-state index in [0.29, 0.717) is 5.75 Å². The number of rotatable bonds is 20. The van der Waals surface area contributed by atoms with Crippen LogP contribution in [0.2, 0.25) is 0 Å². The zero-order chi connectivity index (χ0) is 41.7. The number of unbranched alkanes of at least 4 members (excludes halogenated alkanes) is 2. The van der Waals surface area contributed by atoms with Crippen molar-refractivity contribution >= 4 is 29.0 Å². The quantitative estimate of drug-likeness (QED) is 0.0571. The molecule has 0 aliphatic heterocycles. The third kappa shape index (κ3) is 12.9. The predicted molar refractivity (Wildman–Crippen MR) is 245 cm³/mol. The fraction of sp³-hybridized carbons (Fsp3) is 0.388. The van der Waals surface area contributed by atoms with Gasteiger partial charge in [0.05, 0.1) is 6.61 Å². The van der Waals surface area contributed by atoms with Gasteiger partial charge in [0.1, 0.15) is 28.7 Å². The molecule has 0 N–H and O–H groups in total. The molecule has 0 saturated heterocycles. The second-order valence-corrected chi connectivity index (χ2v) is 19.5. The van der Waals surface area contributed by atoms with E-state index in [0.717, 1.165) is 99.8 Å². The van der Waals surface area contributed by atoms with Crippen LogP contribution in [0.4, 0.5) is 0 Å². The molecule has 310 valence electrons. The molecule has 5 rings (SSSR count). The summed E-state index contributed by atoms with van der Waals surface area (Å²) >= 11 is 1.67. The van der Waals surface area contributed by atoms with Gasteiger partial charge in [0.25, 0.3) is 0 Å². The number of para-hydroxylation sites is 4. The smallest absolute Gasteiger partial charge is 0.417 e. The van der Waals surface area contributed by atoms with Crippen molar-refractivity contribution in [2.45, 2.75) is 123 Å². The lowest BCUT2D eigenvalue weighted by Crippen LogP contribution is -2.15. The topological polar surface area (TPSA) is 55.4 Å². The van der Waals surface area contributed by atoms with Gasteiger partial charge in [-0.05, 0) is 103 Å². The molecule has 0 fully saturated rings. The summed E-state index contributed by atoms with van der Waals surface area (Å²) in [5, 5.41) is 0. The Hall–Kier alpha value is -3.73. The second kappa shape index (κ2) is 21.5. The molecule has 0 spiro atoms. The maximum absolute atomic E-state index is 6.96. The van der Waals surface area contributed by atoms with Gasteiger partial charge in [-0.15, -0.1) is 11.8 Å². The zero-order valence-electron chi connectivity index (χ0n) is 36.1. The molecular formula is C49H62O6P2S. The summed E-state index contributed by atoms with van der Waals surface area (Å²) in [5.74, 6) is 3.65. The Morgan fingerprint density at radius 3 is 1.40 bits per heavy atom. The van der Waals surface area contributed by atoms with E-state index >= 15 is 0 Å². The molecule has 0 amide bonds. The van der Waals surface area contributed by atoms with Crippen LogP contribution in [0.5, 0.6) is 28.7 Å². The highest BCUT2D eigenvalue weighted by molar-refractivity contribution is 7.98. The molecule has 0 heterocycles. The molecule has 0 aliphatic carbocycles. The lowest BCUT2D eigenvalue weighted by atomic mass is 9.86. The molecule has 0 aliphatic rings. The van der Waals surface area contributed by atoms with Crippen LogP contribution >= 0.6 is 29.0 Å². The summed E-state index contributed by atoms with van der Waals surface area (Å²) in [6.07, 6.45) is 8.18. The Labute approximate surface area is 355 Å². The van der Waals surface area contributed by atoms with Gasteiger partial charge in [0.2, 0.25) is 0 Å². The van der Waals surface area contributed by atoms with Gasteiger partial charge in [0, 0.05) is 21.6 Å². The SMILES string of the molecule is CCCCc1ccccc1OP(Oc1ccccc1CCCC)Oc1c(C)cc(SC)cc1COP(Oc1ccccc1C(C)(C)C)Oc1ccccc1C(C)(C)C. The molecule has 0 radical (unpaired) electrons. The first-order valence-electron chi connectivity index (χ1n) is 20.5. The van der Waals surface area contributed by atoms with Crippen LogP contribution < -0.4 is 22.6 Å². The number of thioether (sulfide) groups is 1. The Kier molecular flexibility index (Phi) is 16.8. The normalized spacial score (nSPS) is 11.9. The van der Waals surface area contributed by atoms with Crippen molar-refractivity contribution in [1.29, 1.82) is 0 Å². The first-order valence-corrected chi connectivity index (χ1v) is 23.9.